The molecule has 4 aliphatic heterocycles. The third kappa shape index (κ3) is 5.87. The Morgan fingerprint density at radius 3 is 2.33 bits per heavy atom. The van der Waals surface area contributed by atoms with Crippen LogP contribution in [0.25, 0.3) is 0 Å². The zero-order chi connectivity index (χ0) is 32.9. The number of rotatable bonds is 7. The molecule has 4 aliphatic rings. The number of likely N-dealkylation sites (tertiary alicyclic amines) is 1. The Morgan fingerprint density at radius 2 is 1.70 bits per heavy atom. The van der Waals surface area contributed by atoms with E-state index in [9.17, 15) is 14.7 Å². The average Bonchev–Trinajstić information content (AvgIpc) is 3.68. The van der Waals surface area contributed by atoms with Crippen molar-refractivity contribution < 1.29 is 14.7 Å². The second kappa shape index (κ2) is 13.2. The van der Waals surface area contributed by atoms with Gasteiger partial charge in [0.25, 0.3) is 5.91 Å². The van der Waals surface area contributed by atoms with Gasteiger partial charge >= 0.3 is 0 Å². The molecule has 6 rings (SSSR count). The normalized spacial score (nSPS) is 28.4. The fourth-order valence-electron chi connectivity index (χ4n) is 7.57. The number of benzene rings is 2. The summed E-state index contributed by atoms with van der Waals surface area (Å²) in [5.41, 5.74) is 2.35. The van der Waals surface area contributed by atoms with E-state index in [4.69, 9.17) is 28.2 Å². The van der Waals surface area contributed by atoms with Gasteiger partial charge in [0.2, 0.25) is 5.91 Å². The van der Waals surface area contributed by atoms with Gasteiger partial charge in [-0.25, -0.2) is 4.99 Å². The fourth-order valence-corrected chi connectivity index (χ4v) is 9.17. The lowest BCUT2D eigenvalue weighted by Crippen LogP contribution is -2.58. The first kappa shape index (κ1) is 33.3. The molecule has 46 heavy (non-hydrogen) atoms. The van der Waals surface area contributed by atoms with Gasteiger partial charge < -0.3 is 19.8 Å². The summed E-state index contributed by atoms with van der Waals surface area (Å²) < 4.78 is 0. The molecule has 0 saturated carbocycles. The molecule has 0 aromatic heterocycles. The standard InChI is InChI=1S/C35H43Cl2N5O3S/c1-21(2)29-30(33(45)41-22(3)6-15-28(41)32(44)40-18-17-39(5)27(20-40)16-19-43)46-34-38-35(4,24-9-13-26(37)14-10-24)31(42(29)34)23-7-11-25(36)12-8-23/h7-14,21-22,27-28,31,43H,6,15-20H2,1-5H3/t22-,27+,28+,31-,35+/m1/s1. The number of piperazine rings is 1. The summed E-state index contributed by atoms with van der Waals surface area (Å²) in [6.45, 7) is 10.4. The number of aliphatic hydroxyl groups is 1. The average molecular weight is 685 g/mol. The first-order chi connectivity index (χ1) is 21.9. The molecule has 8 nitrogen and oxygen atoms in total. The molecule has 1 N–H and O–H groups in total. The summed E-state index contributed by atoms with van der Waals surface area (Å²) in [5.74, 6) is -0.0701. The number of aliphatic hydroxyl groups excluding tert-OH is 1. The Hall–Kier alpha value is -2.56. The van der Waals surface area contributed by atoms with Crippen molar-refractivity contribution >= 4 is 51.9 Å². The van der Waals surface area contributed by atoms with Gasteiger partial charge in [0.15, 0.2) is 5.17 Å². The SMILES string of the molecule is CC(C)C1=C(C(=O)N2[C@H](C)CC[C@H]2C(=O)N2CCN(C)[C@@H](CCO)C2)SC2=N[C@@](C)(c3ccc(Cl)cc3)[C@@H](c3ccc(Cl)cc3)N21. The summed E-state index contributed by atoms with van der Waals surface area (Å²) in [6, 6.07) is 15.0. The molecule has 0 radical (unpaired) electrons. The minimum Gasteiger partial charge on any atom is -0.396 e. The molecular weight excluding hydrogens is 641 g/mol. The maximum Gasteiger partial charge on any atom is 0.263 e. The molecule has 0 unspecified atom stereocenters. The number of halogens is 2. The fraction of sp³-hybridized carbons (Fsp3) is 0.514. The predicted octanol–water partition coefficient (Wildman–Crippen LogP) is 6.14. The minimum atomic E-state index is -0.651. The van der Waals surface area contributed by atoms with Crippen molar-refractivity contribution in [2.75, 3.05) is 33.3 Å². The van der Waals surface area contributed by atoms with Crippen molar-refractivity contribution in [1.29, 1.82) is 0 Å². The van der Waals surface area contributed by atoms with Gasteiger partial charge in [-0.3, -0.25) is 14.5 Å². The molecule has 11 heteroatoms. The summed E-state index contributed by atoms with van der Waals surface area (Å²) in [7, 11) is 2.04. The van der Waals surface area contributed by atoms with Crippen molar-refractivity contribution in [3.8, 4) is 0 Å². The van der Waals surface area contributed by atoms with Crippen molar-refractivity contribution in [1.82, 2.24) is 19.6 Å². The highest BCUT2D eigenvalue weighted by molar-refractivity contribution is 8.18. The number of nitrogens with zero attached hydrogens (tertiary/aromatic N) is 5. The number of carbonyl (C=O) groups is 2. The number of hydrogen-bond acceptors (Lipinski definition) is 7. The third-order valence-corrected chi connectivity index (χ3v) is 11.7. The molecule has 2 amide bonds. The molecule has 4 heterocycles. The van der Waals surface area contributed by atoms with Gasteiger partial charge in [0.05, 0.1) is 6.04 Å². The highest BCUT2D eigenvalue weighted by Crippen LogP contribution is 2.56. The molecule has 246 valence electrons. The molecule has 2 saturated heterocycles. The van der Waals surface area contributed by atoms with E-state index in [2.05, 4.69) is 30.6 Å². The quantitative estimate of drug-likeness (QED) is 0.378. The maximum atomic E-state index is 14.7. The van der Waals surface area contributed by atoms with Crippen molar-refractivity contribution in [3.63, 3.8) is 0 Å². The number of carbonyl (C=O) groups excluding carboxylic acids is 2. The van der Waals surface area contributed by atoms with Crippen molar-refractivity contribution in [2.24, 2.45) is 10.9 Å². The molecule has 2 fully saturated rings. The molecular formula is C35H43Cl2N5O3S. The van der Waals surface area contributed by atoms with Crippen LogP contribution in [0.3, 0.4) is 0 Å². The molecule has 0 aliphatic carbocycles. The number of thioether (sulfide) groups is 1. The summed E-state index contributed by atoms with van der Waals surface area (Å²) in [6.07, 6.45) is 2.04. The van der Waals surface area contributed by atoms with Crippen LogP contribution < -0.4 is 0 Å². The van der Waals surface area contributed by atoms with E-state index < -0.39 is 11.6 Å². The van der Waals surface area contributed by atoms with Crippen LogP contribution in [0.2, 0.25) is 10.0 Å². The minimum absolute atomic E-state index is 0.00984. The lowest BCUT2D eigenvalue weighted by molar-refractivity contribution is -0.145. The van der Waals surface area contributed by atoms with E-state index in [0.29, 0.717) is 40.9 Å². The highest BCUT2D eigenvalue weighted by Gasteiger charge is 2.54. The van der Waals surface area contributed by atoms with E-state index in [1.807, 2.05) is 72.3 Å². The largest absolute Gasteiger partial charge is 0.396 e. The van der Waals surface area contributed by atoms with Crippen LogP contribution in [0, 0.1) is 5.92 Å². The second-order valence-electron chi connectivity index (χ2n) is 13.4. The van der Waals surface area contributed by atoms with Gasteiger partial charge in [-0.05, 0) is 93.2 Å². The topological polar surface area (TPSA) is 79.7 Å². The van der Waals surface area contributed by atoms with E-state index in [-0.39, 0.29) is 42.5 Å². The molecule has 2 aromatic carbocycles. The first-order valence-corrected chi connectivity index (χ1v) is 17.8. The predicted molar refractivity (Wildman–Crippen MR) is 186 cm³/mol. The number of allylic oxidation sites excluding steroid dienone is 1. The van der Waals surface area contributed by atoms with Crippen LogP contribution >= 0.6 is 35.0 Å². The number of fused-ring (bicyclic) bond motifs is 1. The summed E-state index contributed by atoms with van der Waals surface area (Å²) in [4.78, 5) is 42.9. The lowest BCUT2D eigenvalue weighted by Gasteiger charge is -2.41. The van der Waals surface area contributed by atoms with E-state index in [0.717, 1.165) is 35.0 Å². The number of aliphatic imine (C=N–C) groups is 1. The second-order valence-corrected chi connectivity index (χ2v) is 15.3. The smallest absolute Gasteiger partial charge is 0.263 e. The number of amides is 2. The Labute approximate surface area is 286 Å². The third-order valence-electron chi connectivity index (χ3n) is 10.1. The monoisotopic (exact) mass is 683 g/mol. The Kier molecular flexibility index (Phi) is 9.53. The van der Waals surface area contributed by atoms with Crippen LogP contribution in [-0.4, -0.2) is 93.1 Å². The van der Waals surface area contributed by atoms with Crippen LogP contribution in [0.4, 0.5) is 0 Å². The van der Waals surface area contributed by atoms with E-state index >= 15 is 0 Å². The first-order valence-electron chi connectivity index (χ1n) is 16.2. The van der Waals surface area contributed by atoms with Crippen LogP contribution in [-0.2, 0) is 15.1 Å². The maximum absolute atomic E-state index is 14.7. The van der Waals surface area contributed by atoms with Crippen LogP contribution in [0.15, 0.2) is 64.1 Å². The van der Waals surface area contributed by atoms with E-state index in [1.165, 1.54) is 11.8 Å². The summed E-state index contributed by atoms with van der Waals surface area (Å²) in [5, 5.41) is 11.7. The van der Waals surface area contributed by atoms with Crippen molar-refractivity contribution in [2.45, 2.75) is 76.7 Å². The molecule has 0 bridgehead atoms. The van der Waals surface area contributed by atoms with Gasteiger partial charge in [0, 0.05) is 54.1 Å². The van der Waals surface area contributed by atoms with E-state index in [1.54, 1.807) is 0 Å². The van der Waals surface area contributed by atoms with Crippen LogP contribution in [0.1, 0.15) is 64.1 Å². The highest BCUT2D eigenvalue weighted by atomic mass is 35.5. The van der Waals surface area contributed by atoms with Gasteiger partial charge in [-0.15, -0.1) is 0 Å². The zero-order valence-electron chi connectivity index (χ0n) is 27.1. The van der Waals surface area contributed by atoms with Gasteiger partial charge in [-0.1, -0.05) is 61.3 Å². The van der Waals surface area contributed by atoms with Gasteiger partial charge in [0.1, 0.15) is 16.5 Å². The Morgan fingerprint density at radius 1 is 1.04 bits per heavy atom. The lowest BCUT2D eigenvalue weighted by atomic mass is 9.81. The van der Waals surface area contributed by atoms with Crippen LogP contribution in [0.5, 0.6) is 0 Å². The number of amidine groups is 1. The summed E-state index contributed by atoms with van der Waals surface area (Å²) >= 11 is 14.0. The molecule has 5 atom stereocenters. The molecule has 2 aromatic rings. The Bertz CT molecular complexity index is 1550. The van der Waals surface area contributed by atoms with Crippen molar-refractivity contribution in [3.05, 3.63) is 80.3 Å². The molecule has 0 spiro atoms. The number of likely N-dealkylation sites (N-methyl/N-ethyl adjacent to an activating group) is 1. The van der Waals surface area contributed by atoms with Gasteiger partial charge in [-0.2, -0.15) is 0 Å². The number of hydrogen-bond donors (Lipinski definition) is 1. The zero-order valence-corrected chi connectivity index (χ0v) is 29.4. The Balaban J connectivity index is 1.36.